The Morgan fingerprint density at radius 2 is 1.92 bits per heavy atom. The first-order valence-corrected chi connectivity index (χ1v) is 9.91. The van der Waals surface area contributed by atoms with Gasteiger partial charge in [0.1, 0.15) is 0 Å². The molecule has 7 heteroatoms. The van der Waals surface area contributed by atoms with Crippen LogP contribution in [0.15, 0.2) is 24.3 Å². The molecule has 0 bridgehead atoms. The minimum Gasteiger partial charge on any atom is -0.479 e. The quantitative estimate of drug-likeness (QED) is 0.427. The number of amides is 1. The Morgan fingerprint density at radius 1 is 1.32 bits per heavy atom. The first-order valence-electron chi connectivity index (χ1n) is 8.30. The second kappa shape index (κ2) is 9.97. The van der Waals surface area contributed by atoms with E-state index >= 15 is 0 Å². The van der Waals surface area contributed by atoms with Gasteiger partial charge < -0.3 is 15.3 Å². The third-order valence-electron chi connectivity index (χ3n) is 3.98. The lowest BCUT2D eigenvalue weighted by Crippen LogP contribution is -2.51. The number of nitrogens with one attached hydrogen (secondary N) is 1. The molecular weight excluding hydrogens is 356 g/mol. The van der Waals surface area contributed by atoms with Crippen molar-refractivity contribution in [3.63, 3.8) is 0 Å². The molecule has 0 aromatic heterocycles. The number of thiol groups is 1. The van der Waals surface area contributed by atoms with Gasteiger partial charge in [-0.2, -0.15) is 12.6 Å². The summed E-state index contributed by atoms with van der Waals surface area (Å²) in [6.07, 6.45) is 1.55. The second-order valence-electron chi connectivity index (χ2n) is 6.35. The van der Waals surface area contributed by atoms with Crippen LogP contribution >= 0.6 is 24.4 Å². The van der Waals surface area contributed by atoms with E-state index in [0.29, 0.717) is 17.9 Å². The fourth-order valence-corrected chi connectivity index (χ4v) is 3.55. The standard InChI is InChI=1S/C18H28N2O3S2/c1-5-6-14(11-24)16(21)19-18(2,17(22)23)25-12-13-7-9-15(10-8-13)20(3)4/h7-10,14,24H,5-6,11-12H2,1-4H3,(H,19,21)(H,22,23). The second-order valence-corrected chi connectivity index (χ2v) is 8.10. The van der Waals surface area contributed by atoms with Crippen molar-refractivity contribution in [2.75, 3.05) is 24.7 Å². The van der Waals surface area contributed by atoms with Crippen molar-refractivity contribution >= 4 is 42.0 Å². The van der Waals surface area contributed by atoms with Gasteiger partial charge in [-0.15, -0.1) is 11.8 Å². The molecule has 2 N–H and O–H groups in total. The molecule has 0 aliphatic carbocycles. The highest BCUT2D eigenvalue weighted by molar-refractivity contribution is 8.00. The summed E-state index contributed by atoms with van der Waals surface area (Å²) in [4.78, 5) is 24.7. The van der Waals surface area contributed by atoms with E-state index in [2.05, 4.69) is 17.9 Å². The van der Waals surface area contributed by atoms with Crippen LogP contribution in [0.2, 0.25) is 0 Å². The molecule has 2 atom stereocenters. The molecule has 0 saturated carbocycles. The number of carbonyl (C=O) groups excluding carboxylic acids is 1. The van der Waals surface area contributed by atoms with Crippen LogP contribution in [-0.2, 0) is 15.3 Å². The van der Waals surface area contributed by atoms with E-state index in [0.717, 1.165) is 17.7 Å². The fourth-order valence-electron chi connectivity index (χ4n) is 2.26. The van der Waals surface area contributed by atoms with Crippen molar-refractivity contribution in [1.29, 1.82) is 0 Å². The lowest BCUT2D eigenvalue weighted by atomic mass is 10.0. The molecule has 1 amide bonds. The Bertz CT molecular complexity index is 578. The van der Waals surface area contributed by atoms with Crippen LogP contribution in [0.5, 0.6) is 0 Å². The van der Waals surface area contributed by atoms with Crippen molar-refractivity contribution < 1.29 is 14.7 Å². The van der Waals surface area contributed by atoms with Gasteiger partial charge in [-0.25, -0.2) is 4.79 Å². The summed E-state index contributed by atoms with van der Waals surface area (Å²) in [5, 5.41) is 12.3. The molecule has 140 valence electrons. The van der Waals surface area contributed by atoms with E-state index < -0.39 is 10.8 Å². The van der Waals surface area contributed by atoms with Crippen molar-refractivity contribution in [1.82, 2.24) is 5.32 Å². The van der Waals surface area contributed by atoms with Crippen LogP contribution in [0.1, 0.15) is 32.3 Å². The Balaban J connectivity index is 2.77. The van der Waals surface area contributed by atoms with Gasteiger partial charge in [0.25, 0.3) is 0 Å². The van der Waals surface area contributed by atoms with E-state index in [1.807, 2.05) is 50.2 Å². The van der Waals surface area contributed by atoms with Gasteiger partial charge in [-0.3, -0.25) is 4.79 Å². The molecule has 1 aromatic carbocycles. The summed E-state index contributed by atoms with van der Waals surface area (Å²) in [5.74, 6) is -0.670. The van der Waals surface area contributed by atoms with Crippen LogP contribution in [-0.4, -0.2) is 41.7 Å². The Labute approximate surface area is 160 Å². The molecule has 0 fully saturated rings. The van der Waals surface area contributed by atoms with E-state index in [1.165, 1.54) is 18.7 Å². The van der Waals surface area contributed by atoms with Crippen LogP contribution in [0.3, 0.4) is 0 Å². The third-order valence-corrected chi connectivity index (χ3v) is 5.75. The number of rotatable bonds is 10. The highest BCUT2D eigenvalue weighted by Crippen LogP contribution is 2.28. The topological polar surface area (TPSA) is 69.6 Å². The summed E-state index contributed by atoms with van der Waals surface area (Å²) < 4.78 is 0. The summed E-state index contributed by atoms with van der Waals surface area (Å²) >= 11 is 5.41. The first-order chi connectivity index (χ1) is 11.7. The van der Waals surface area contributed by atoms with Crippen molar-refractivity contribution in [3.05, 3.63) is 29.8 Å². The molecule has 2 unspecified atom stereocenters. The Hall–Kier alpha value is -1.34. The number of benzene rings is 1. The number of anilines is 1. The van der Waals surface area contributed by atoms with E-state index in [4.69, 9.17) is 0 Å². The predicted octanol–water partition coefficient (Wildman–Crippen LogP) is 3.25. The number of carboxylic acids is 1. The summed E-state index contributed by atoms with van der Waals surface area (Å²) in [6, 6.07) is 7.93. The van der Waals surface area contributed by atoms with E-state index in [9.17, 15) is 14.7 Å². The van der Waals surface area contributed by atoms with E-state index in [1.54, 1.807) is 0 Å². The van der Waals surface area contributed by atoms with Crippen molar-refractivity contribution in [2.45, 2.75) is 37.3 Å². The van der Waals surface area contributed by atoms with E-state index in [-0.39, 0.29) is 11.8 Å². The average Bonchev–Trinajstić information content (AvgIpc) is 2.57. The van der Waals surface area contributed by atoms with Gasteiger partial charge >= 0.3 is 5.97 Å². The van der Waals surface area contributed by atoms with Gasteiger partial charge in [0.15, 0.2) is 4.87 Å². The number of carbonyl (C=O) groups is 2. The van der Waals surface area contributed by atoms with Crippen molar-refractivity contribution in [3.8, 4) is 0 Å². The van der Waals surface area contributed by atoms with Crippen LogP contribution < -0.4 is 10.2 Å². The number of hydrogen-bond donors (Lipinski definition) is 3. The average molecular weight is 385 g/mol. The molecule has 1 aromatic rings. The molecule has 0 spiro atoms. The fraction of sp³-hybridized carbons (Fsp3) is 0.556. The molecule has 1 rings (SSSR count). The number of carboxylic acid groups (broad SMARTS) is 1. The smallest absolute Gasteiger partial charge is 0.339 e. The van der Waals surface area contributed by atoms with Gasteiger partial charge in [0.05, 0.1) is 0 Å². The predicted molar refractivity (Wildman–Crippen MR) is 108 cm³/mol. The maximum atomic E-state index is 12.4. The number of hydrogen-bond acceptors (Lipinski definition) is 5. The molecule has 0 heterocycles. The number of thioether (sulfide) groups is 1. The Morgan fingerprint density at radius 3 is 2.36 bits per heavy atom. The maximum absolute atomic E-state index is 12.4. The third kappa shape index (κ3) is 6.47. The monoisotopic (exact) mass is 384 g/mol. The summed E-state index contributed by atoms with van der Waals surface area (Å²) in [6.45, 7) is 3.53. The molecule has 0 aliphatic heterocycles. The van der Waals surface area contributed by atoms with Crippen LogP contribution in [0.4, 0.5) is 5.69 Å². The van der Waals surface area contributed by atoms with Crippen LogP contribution in [0.25, 0.3) is 0 Å². The summed E-state index contributed by atoms with van der Waals surface area (Å²) in [5.41, 5.74) is 2.09. The molecular formula is C18H28N2O3S2. The molecule has 0 aliphatic rings. The maximum Gasteiger partial charge on any atom is 0.339 e. The van der Waals surface area contributed by atoms with Gasteiger partial charge in [0, 0.05) is 37.2 Å². The Kier molecular flexibility index (Phi) is 8.65. The SMILES string of the molecule is CCCC(CS)C(=O)NC(C)(SCc1ccc(N(C)C)cc1)C(=O)O. The zero-order valence-corrected chi connectivity index (χ0v) is 17.0. The minimum atomic E-state index is -1.37. The van der Waals surface area contributed by atoms with Gasteiger partial charge in [-0.05, 0) is 31.0 Å². The van der Waals surface area contributed by atoms with Crippen LogP contribution in [0, 0.1) is 5.92 Å². The summed E-state index contributed by atoms with van der Waals surface area (Å²) in [7, 11) is 3.93. The number of nitrogens with zero attached hydrogens (tertiary/aromatic N) is 1. The molecule has 0 radical (unpaired) electrons. The first kappa shape index (κ1) is 21.7. The zero-order valence-electron chi connectivity index (χ0n) is 15.3. The largest absolute Gasteiger partial charge is 0.479 e. The lowest BCUT2D eigenvalue weighted by Gasteiger charge is -2.28. The molecule has 25 heavy (non-hydrogen) atoms. The minimum absolute atomic E-state index is 0.253. The lowest BCUT2D eigenvalue weighted by molar-refractivity contribution is -0.143. The van der Waals surface area contributed by atoms with Crippen molar-refractivity contribution in [2.24, 2.45) is 5.92 Å². The molecule has 5 nitrogen and oxygen atoms in total. The number of aliphatic carboxylic acids is 1. The molecule has 0 saturated heterocycles. The van der Waals surface area contributed by atoms with Gasteiger partial charge in [0.2, 0.25) is 5.91 Å². The zero-order chi connectivity index (χ0) is 19.0. The normalized spacial score (nSPS) is 14.4. The highest BCUT2D eigenvalue weighted by Gasteiger charge is 2.36. The highest BCUT2D eigenvalue weighted by atomic mass is 32.2. The van der Waals surface area contributed by atoms with Gasteiger partial charge in [-0.1, -0.05) is 25.5 Å².